The Morgan fingerprint density at radius 2 is 1.63 bits per heavy atom. The standard InChI is InChI=1S/C20H25N3O3S/c1-13(2)14-6-9-16(10-7-14)22-20(27)23-21-12-15-8-11-17(24-3)19(26-5)18(15)25-4/h6-13H,1-5H3,(H2,22,23,27)/b21-12+. The summed E-state index contributed by atoms with van der Waals surface area (Å²) in [5.74, 6) is 2.12. The van der Waals surface area contributed by atoms with Crippen LogP contribution in [0.25, 0.3) is 0 Å². The van der Waals surface area contributed by atoms with Crippen molar-refractivity contribution in [1.82, 2.24) is 5.43 Å². The number of rotatable bonds is 7. The predicted molar refractivity (Wildman–Crippen MR) is 114 cm³/mol. The Morgan fingerprint density at radius 3 is 2.19 bits per heavy atom. The summed E-state index contributed by atoms with van der Waals surface area (Å²) in [6.07, 6.45) is 1.61. The maximum absolute atomic E-state index is 5.42. The van der Waals surface area contributed by atoms with Crippen LogP contribution in [0, 0.1) is 0 Å². The lowest BCUT2D eigenvalue weighted by molar-refractivity contribution is 0.324. The molecular weight excluding hydrogens is 362 g/mol. The van der Waals surface area contributed by atoms with Crippen molar-refractivity contribution in [1.29, 1.82) is 0 Å². The van der Waals surface area contributed by atoms with Crippen molar-refractivity contribution in [3.8, 4) is 17.2 Å². The number of nitrogens with one attached hydrogen (secondary N) is 2. The monoisotopic (exact) mass is 387 g/mol. The molecule has 27 heavy (non-hydrogen) atoms. The van der Waals surface area contributed by atoms with E-state index < -0.39 is 0 Å². The number of methoxy groups -OCH3 is 3. The molecule has 0 aliphatic carbocycles. The van der Waals surface area contributed by atoms with Gasteiger partial charge in [0.25, 0.3) is 0 Å². The lowest BCUT2D eigenvalue weighted by atomic mass is 10.0. The van der Waals surface area contributed by atoms with Gasteiger partial charge in [0.2, 0.25) is 5.75 Å². The third-order valence-electron chi connectivity index (χ3n) is 3.94. The van der Waals surface area contributed by atoms with Gasteiger partial charge in [0, 0.05) is 11.3 Å². The number of benzene rings is 2. The zero-order valence-electron chi connectivity index (χ0n) is 16.2. The highest BCUT2D eigenvalue weighted by Gasteiger charge is 2.14. The number of hydrazone groups is 1. The molecule has 0 unspecified atom stereocenters. The van der Waals surface area contributed by atoms with E-state index in [0.29, 0.717) is 28.3 Å². The highest BCUT2D eigenvalue weighted by molar-refractivity contribution is 7.80. The van der Waals surface area contributed by atoms with Crippen LogP contribution >= 0.6 is 12.2 Å². The van der Waals surface area contributed by atoms with E-state index in [1.807, 2.05) is 18.2 Å². The fourth-order valence-electron chi connectivity index (χ4n) is 2.50. The van der Waals surface area contributed by atoms with Gasteiger partial charge in [0.1, 0.15) is 0 Å². The van der Waals surface area contributed by atoms with E-state index >= 15 is 0 Å². The van der Waals surface area contributed by atoms with Crippen molar-refractivity contribution in [3.05, 3.63) is 47.5 Å². The molecule has 0 saturated heterocycles. The molecule has 2 aromatic carbocycles. The van der Waals surface area contributed by atoms with Crippen LogP contribution in [-0.4, -0.2) is 32.7 Å². The minimum atomic E-state index is 0.392. The average molecular weight is 388 g/mol. The summed E-state index contributed by atoms with van der Waals surface area (Å²) in [5, 5.41) is 7.65. The summed E-state index contributed by atoms with van der Waals surface area (Å²) < 4.78 is 16.1. The molecule has 2 N–H and O–H groups in total. The van der Waals surface area contributed by atoms with Crippen molar-refractivity contribution in [3.63, 3.8) is 0 Å². The van der Waals surface area contributed by atoms with Gasteiger partial charge in [0.05, 0.1) is 27.5 Å². The third kappa shape index (κ3) is 5.34. The van der Waals surface area contributed by atoms with Gasteiger partial charge < -0.3 is 19.5 Å². The molecule has 2 aromatic rings. The largest absolute Gasteiger partial charge is 0.493 e. The number of hydrogen-bond donors (Lipinski definition) is 2. The number of ether oxygens (including phenoxy) is 3. The van der Waals surface area contributed by atoms with Gasteiger partial charge in [-0.1, -0.05) is 26.0 Å². The minimum absolute atomic E-state index is 0.392. The Bertz CT molecular complexity index is 805. The predicted octanol–water partition coefficient (Wildman–Crippen LogP) is 4.16. The first-order valence-electron chi connectivity index (χ1n) is 8.49. The Labute approximate surface area is 165 Å². The first kappa shape index (κ1) is 20.5. The van der Waals surface area contributed by atoms with E-state index in [2.05, 4.69) is 41.8 Å². The van der Waals surface area contributed by atoms with Crippen LogP contribution < -0.4 is 25.0 Å². The number of hydrogen-bond acceptors (Lipinski definition) is 5. The summed E-state index contributed by atoms with van der Waals surface area (Å²) in [4.78, 5) is 0. The van der Waals surface area contributed by atoms with E-state index in [1.165, 1.54) is 5.56 Å². The summed E-state index contributed by atoms with van der Waals surface area (Å²) in [6.45, 7) is 4.32. The summed E-state index contributed by atoms with van der Waals surface area (Å²) in [6, 6.07) is 11.7. The molecule has 0 atom stereocenters. The number of anilines is 1. The van der Waals surface area contributed by atoms with Crippen LogP contribution in [0.1, 0.15) is 30.9 Å². The van der Waals surface area contributed by atoms with Crippen molar-refractivity contribution < 1.29 is 14.2 Å². The normalized spacial score (nSPS) is 10.7. The zero-order valence-corrected chi connectivity index (χ0v) is 17.0. The molecule has 0 aromatic heterocycles. The molecule has 0 saturated carbocycles. The molecule has 0 aliphatic rings. The van der Waals surface area contributed by atoms with Crippen LogP contribution in [0.4, 0.5) is 5.69 Å². The molecule has 0 fully saturated rings. The summed E-state index contributed by atoms with van der Waals surface area (Å²) >= 11 is 5.27. The molecule has 0 amide bonds. The highest BCUT2D eigenvalue weighted by Crippen LogP contribution is 2.38. The molecule has 7 heteroatoms. The van der Waals surface area contributed by atoms with E-state index in [9.17, 15) is 0 Å². The zero-order chi connectivity index (χ0) is 19.8. The highest BCUT2D eigenvalue weighted by atomic mass is 32.1. The topological polar surface area (TPSA) is 64.1 Å². The van der Waals surface area contributed by atoms with Gasteiger partial charge in [0.15, 0.2) is 16.6 Å². The van der Waals surface area contributed by atoms with Gasteiger partial charge in [-0.3, -0.25) is 5.43 Å². The Hall–Kier alpha value is -2.80. The molecule has 6 nitrogen and oxygen atoms in total. The van der Waals surface area contributed by atoms with E-state index in [4.69, 9.17) is 26.4 Å². The van der Waals surface area contributed by atoms with Gasteiger partial charge in [-0.15, -0.1) is 0 Å². The van der Waals surface area contributed by atoms with E-state index in [0.717, 1.165) is 11.3 Å². The SMILES string of the molecule is COc1ccc(/C=N/NC(=S)Nc2ccc(C(C)C)cc2)c(OC)c1OC. The van der Waals surface area contributed by atoms with Gasteiger partial charge in [-0.25, -0.2) is 0 Å². The Morgan fingerprint density at radius 1 is 0.963 bits per heavy atom. The smallest absolute Gasteiger partial charge is 0.203 e. The fourth-order valence-corrected chi connectivity index (χ4v) is 2.67. The van der Waals surface area contributed by atoms with E-state index in [-0.39, 0.29) is 0 Å². The van der Waals surface area contributed by atoms with Crippen LogP contribution in [0.3, 0.4) is 0 Å². The van der Waals surface area contributed by atoms with Crippen LogP contribution in [0.15, 0.2) is 41.5 Å². The van der Waals surface area contributed by atoms with Crippen LogP contribution in [-0.2, 0) is 0 Å². The molecule has 0 spiro atoms. The first-order chi connectivity index (χ1) is 13.0. The quantitative estimate of drug-likeness (QED) is 0.423. The number of nitrogens with zero attached hydrogens (tertiary/aromatic N) is 1. The van der Waals surface area contributed by atoms with Crippen LogP contribution in [0.5, 0.6) is 17.2 Å². The Balaban J connectivity index is 2.03. The molecule has 0 aliphatic heterocycles. The first-order valence-corrected chi connectivity index (χ1v) is 8.90. The molecule has 0 bridgehead atoms. The molecule has 2 rings (SSSR count). The van der Waals surface area contributed by atoms with Crippen molar-refractivity contribution in [2.45, 2.75) is 19.8 Å². The Kier molecular flexibility index (Phi) is 7.43. The lowest BCUT2D eigenvalue weighted by Gasteiger charge is -2.13. The average Bonchev–Trinajstić information content (AvgIpc) is 2.67. The van der Waals surface area contributed by atoms with Gasteiger partial charge in [-0.05, 0) is 48.0 Å². The third-order valence-corrected chi connectivity index (χ3v) is 4.13. The maximum atomic E-state index is 5.42. The van der Waals surface area contributed by atoms with Crippen molar-refractivity contribution in [2.75, 3.05) is 26.6 Å². The molecule has 0 radical (unpaired) electrons. The second kappa shape index (κ2) is 9.78. The lowest BCUT2D eigenvalue weighted by Crippen LogP contribution is -2.23. The molecule has 0 heterocycles. The van der Waals surface area contributed by atoms with Gasteiger partial charge in [-0.2, -0.15) is 5.10 Å². The number of thiocarbonyl (C=S) groups is 1. The van der Waals surface area contributed by atoms with Crippen molar-refractivity contribution in [2.24, 2.45) is 5.10 Å². The molecule has 144 valence electrons. The second-order valence-electron chi connectivity index (χ2n) is 6.02. The van der Waals surface area contributed by atoms with E-state index in [1.54, 1.807) is 33.6 Å². The summed E-state index contributed by atoms with van der Waals surface area (Å²) in [5.41, 5.74) is 5.70. The fraction of sp³-hybridized carbons (Fsp3) is 0.300. The van der Waals surface area contributed by atoms with Gasteiger partial charge >= 0.3 is 0 Å². The van der Waals surface area contributed by atoms with Crippen LogP contribution in [0.2, 0.25) is 0 Å². The second-order valence-corrected chi connectivity index (χ2v) is 6.43. The summed E-state index contributed by atoms with van der Waals surface area (Å²) in [7, 11) is 4.70. The maximum Gasteiger partial charge on any atom is 0.203 e. The minimum Gasteiger partial charge on any atom is -0.493 e. The van der Waals surface area contributed by atoms with Crippen molar-refractivity contribution >= 4 is 29.2 Å². The molecular formula is C20H25N3O3S.